The van der Waals surface area contributed by atoms with E-state index in [2.05, 4.69) is 26.3 Å². The van der Waals surface area contributed by atoms with Crippen molar-refractivity contribution in [2.24, 2.45) is 0 Å². The lowest BCUT2D eigenvalue weighted by Gasteiger charge is -2.21. The van der Waals surface area contributed by atoms with E-state index in [0.29, 0.717) is 5.95 Å². The summed E-state index contributed by atoms with van der Waals surface area (Å²) < 4.78 is 5.06. The van der Waals surface area contributed by atoms with Gasteiger partial charge >= 0.3 is 0 Å². The van der Waals surface area contributed by atoms with Crippen LogP contribution in [0.3, 0.4) is 0 Å². The minimum atomic E-state index is 0.376. The van der Waals surface area contributed by atoms with Crippen LogP contribution in [-0.2, 0) is 11.2 Å². The summed E-state index contributed by atoms with van der Waals surface area (Å²) in [6.07, 6.45) is 4.16. The Kier molecular flexibility index (Phi) is 6.01. The Morgan fingerprint density at radius 2 is 2.20 bits per heavy atom. The van der Waals surface area contributed by atoms with Crippen molar-refractivity contribution < 1.29 is 4.74 Å². The Labute approximate surface area is 120 Å². The Bertz CT molecular complexity index is 405. The van der Waals surface area contributed by atoms with Gasteiger partial charge in [0.2, 0.25) is 5.95 Å². The smallest absolute Gasteiger partial charge is 0.222 e. The van der Waals surface area contributed by atoms with Gasteiger partial charge in [-0.05, 0) is 32.2 Å². The van der Waals surface area contributed by atoms with Crippen molar-refractivity contribution in [3.05, 3.63) is 11.8 Å². The molecule has 0 aromatic carbocycles. The number of nitrogens with zero attached hydrogens (tertiary/aromatic N) is 3. The van der Waals surface area contributed by atoms with Crippen LogP contribution in [0.2, 0.25) is 0 Å². The first kappa shape index (κ1) is 15.0. The molecule has 6 heteroatoms. The molecule has 0 amide bonds. The Morgan fingerprint density at radius 1 is 1.30 bits per heavy atom. The molecule has 1 aliphatic heterocycles. The lowest BCUT2D eigenvalue weighted by Crippen LogP contribution is -2.29. The summed E-state index contributed by atoms with van der Waals surface area (Å²) in [5.41, 5.74) is 6.87. The highest BCUT2D eigenvalue weighted by Crippen LogP contribution is 2.16. The fourth-order valence-electron chi connectivity index (χ4n) is 2.42. The second kappa shape index (κ2) is 8.01. The number of nitrogens with one attached hydrogen (secondary N) is 1. The molecule has 1 fully saturated rings. The molecule has 0 radical (unpaired) electrons. The number of rotatable bonds is 6. The average Bonchev–Trinajstić information content (AvgIpc) is 2.72. The molecule has 0 aliphatic carbocycles. The van der Waals surface area contributed by atoms with Crippen molar-refractivity contribution >= 4 is 11.8 Å². The first-order valence-electron chi connectivity index (χ1n) is 7.37. The van der Waals surface area contributed by atoms with E-state index < -0.39 is 0 Å². The summed E-state index contributed by atoms with van der Waals surface area (Å²) in [6, 6.07) is 2.08. The van der Waals surface area contributed by atoms with Crippen LogP contribution >= 0.6 is 0 Å². The zero-order chi connectivity index (χ0) is 14.2. The molecule has 0 unspecified atom stereocenters. The predicted octanol–water partition coefficient (Wildman–Crippen LogP) is 0.828. The molecule has 1 aromatic heterocycles. The summed E-state index contributed by atoms with van der Waals surface area (Å²) >= 11 is 0. The van der Waals surface area contributed by atoms with Crippen molar-refractivity contribution in [3.63, 3.8) is 0 Å². The maximum Gasteiger partial charge on any atom is 0.222 e. The molecular formula is C14H25N5O. The van der Waals surface area contributed by atoms with E-state index in [1.165, 1.54) is 0 Å². The topological polar surface area (TPSA) is 76.3 Å². The second-order valence-electron chi connectivity index (χ2n) is 5.12. The van der Waals surface area contributed by atoms with E-state index in [0.717, 1.165) is 70.0 Å². The van der Waals surface area contributed by atoms with E-state index in [1.807, 2.05) is 0 Å². The minimum Gasteiger partial charge on any atom is -0.385 e. The van der Waals surface area contributed by atoms with Crippen molar-refractivity contribution in [2.45, 2.75) is 25.7 Å². The molecule has 1 saturated heterocycles. The van der Waals surface area contributed by atoms with Gasteiger partial charge in [-0.3, -0.25) is 0 Å². The summed E-state index contributed by atoms with van der Waals surface area (Å²) in [5, 5.41) is 3.39. The summed E-state index contributed by atoms with van der Waals surface area (Å²) in [7, 11) is 1.73. The van der Waals surface area contributed by atoms with Crippen molar-refractivity contribution in [3.8, 4) is 0 Å². The van der Waals surface area contributed by atoms with Gasteiger partial charge in [-0.1, -0.05) is 0 Å². The van der Waals surface area contributed by atoms with Crippen molar-refractivity contribution in [1.29, 1.82) is 0 Å². The number of ether oxygens (including phenoxy) is 1. The molecule has 2 heterocycles. The number of hydrogen-bond donors (Lipinski definition) is 2. The van der Waals surface area contributed by atoms with Crippen LogP contribution in [0.5, 0.6) is 0 Å². The number of nitrogen functional groups attached to an aromatic ring is 1. The Hall–Kier alpha value is -1.40. The normalized spacial score (nSPS) is 16.1. The highest BCUT2D eigenvalue weighted by molar-refractivity contribution is 5.43. The predicted molar refractivity (Wildman–Crippen MR) is 81.0 cm³/mol. The van der Waals surface area contributed by atoms with Gasteiger partial charge in [0.05, 0.1) is 0 Å². The molecule has 1 aromatic rings. The van der Waals surface area contributed by atoms with Crippen LogP contribution in [0.4, 0.5) is 11.8 Å². The SMILES string of the molecule is COCCCCc1cc(N2CCCNCC2)nc(N)n1. The van der Waals surface area contributed by atoms with Gasteiger partial charge in [0.25, 0.3) is 0 Å². The largest absolute Gasteiger partial charge is 0.385 e. The quantitative estimate of drug-likeness (QED) is 0.751. The third-order valence-electron chi connectivity index (χ3n) is 3.48. The lowest BCUT2D eigenvalue weighted by molar-refractivity contribution is 0.193. The summed E-state index contributed by atoms with van der Waals surface area (Å²) in [4.78, 5) is 11.0. The third-order valence-corrected chi connectivity index (χ3v) is 3.48. The van der Waals surface area contributed by atoms with E-state index in [4.69, 9.17) is 10.5 Å². The molecule has 0 bridgehead atoms. The molecule has 6 nitrogen and oxygen atoms in total. The van der Waals surface area contributed by atoms with Gasteiger partial charge < -0.3 is 20.7 Å². The highest BCUT2D eigenvalue weighted by Gasteiger charge is 2.12. The Morgan fingerprint density at radius 3 is 3.05 bits per heavy atom. The number of aromatic nitrogens is 2. The van der Waals surface area contributed by atoms with Gasteiger partial charge in [0.15, 0.2) is 0 Å². The lowest BCUT2D eigenvalue weighted by atomic mass is 10.2. The summed E-state index contributed by atoms with van der Waals surface area (Å²) in [6.45, 7) is 4.85. The summed E-state index contributed by atoms with van der Waals surface area (Å²) in [5.74, 6) is 1.34. The number of aryl methyl sites for hydroxylation is 1. The van der Waals surface area contributed by atoms with Crippen LogP contribution < -0.4 is 16.0 Å². The third kappa shape index (κ3) is 4.61. The standard InChI is InChI=1S/C14H25N5O/c1-20-10-3-2-5-12-11-13(18-14(15)17-12)19-8-4-6-16-7-9-19/h11,16H,2-10H2,1H3,(H2,15,17,18). The van der Waals surface area contributed by atoms with Gasteiger partial charge in [-0.25, -0.2) is 4.98 Å². The van der Waals surface area contributed by atoms with Gasteiger partial charge in [0.1, 0.15) is 5.82 Å². The van der Waals surface area contributed by atoms with Gasteiger partial charge in [-0.15, -0.1) is 0 Å². The van der Waals surface area contributed by atoms with Crippen LogP contribution in [0, 0.1) is 0 Å². The number of anilines is 2. The molecule has 112 valence electrons. The zero-order valence-corrected chi connectivity index (χ0v) is 12.3. The molecule has 0 spiro atoms. The monoisotopic (exact) mass is 279 g/mol. The first-order valence-corrected chi connectivity index (χ1v) is 7.37. The molecule has 0 atom stereocenters. The fourth-order valence-corrected chi connectivity index (χ4v) is 2.42. The van der Waals surface area contributed by atoms with E-state index in [9.17, 15) is 0 Å². The van der Waals surface area contributed by atoms with Crippen LogP contribution in [0.25, 0.3) is 0 Å². The highest BCUT2D eigenvalue weighted by atomic mass is 16.5. The first-order chi connectivity index (χ1) is 9.79. The van der Waals surface area contributed by atoms with E-state index >= 15 is 0 Å². The Balaban J connectivity index is 1.99. The molecule has 0 saturated carbocycles. The van der Waals surface area contributed by atoms with Crippen LogP contribution in [0.15, 0.2) is 6.07 Å². The average molecular weight is 279 g/mol. The molecule has 20 heavy (non-hydrogen) atoms. The van der Waals surface area contributed by atoms with Crippen LogP contribution in [0.1, 0.15) is 25.0 Å². The second-order valence-corrected chi connectivity index (χ2v) is 5.12. The molecular weight excluding hydrogens is 254 g/mol. The number of unbranched alkanes of at least 4 members (excludes halogenated alkanes) is 1. The zero-order valence-electron chi connectivity index (χ0n) is 12.3. The maximum atomic E-state index is 5.85. The minimum absolute atomic E-state index is 0.376. The van der Waals surface area contributed by atoms with Gasteiger partial charge in [-0.2, -0.15) is 4.98 Å². The number of hydrogen-bond acceptors (Lipinski definition) is 6. The fraction of sp³-hybridized carbons (Fsp3) is 0.714. The number of methoxy groups -OCH3 is 1. The van der Waals surface area contributed by atoms with Crippen molar-refractivity contribution in [1.82, 2.24) is 15.3 Å². The molecule has 1 aliphatic rings. The van der Waals surface area contributed by atoms with Crippen molar-refractivity contribution in [2.75, 3.05) is 50.5 Å². The molecule has 3 N–H and O–H groups in total. The van der Waals surface area contributed by atoms with E-state index in [-0.39, 0.29) is 0 Å². The maximum absolute atomic E-state index is 5.85. The number of nitrogens with two attached hydrogens (primary N) is 1. The van der Waals surface area contributed by atoms with E-state index in [1.54, 1.807) is 7.11 Å². The van der Waals surface area contributed by atoms with Crippen LogP contribution in [-0.4, -0.2) is 49.9 Å². The molecule has 2 rings (SSSR count). The van der Waals surface area contributed by atoms with Gasteiger partial charge in [0, 0.05) is 45.1 Å².